The predicted molar refractivity (Wildman–Crippen MR) is 105 cm³/mol. The van der Waals surface area contributed by atoms with Crippen molar-refractivity contribution in [3.05, 3.63) is 53.8 Å². The third kappa shape index (κ3) is 2.50. The maximum atomic E-state index is 13.9. The molecule has 1 aromatic carbocycles. The number of nitrogens with zero attached hydrogens (tertiary/aromatic N) is 1. The zero-order valence-electron chi connectivity index (χ0n) is 16.2. The van der Waals surface area contributed by atoms with Gasteiger partial charge in [0.1, 0.15) is 11.2 Å². The molecule has 0 aromatic heterocycles. The summed E-state index contributed by atoms with van der Waals surface area (Å²) >= 11 is 0. The highest BCUT2D eigenvalue weighted by Crippen LogP contribution is 2.56. The van der Waals surface area contributed by atoms with Crippen LogP contribution in [-0.4, -0.2) is 36.7 Å². The molecule has 0 fully saturated rings. The van der Waals surface area contributed by atoms with Crippen LogP contribution in [-0.2, 0) is 29.3 Å². The van der Waals surface area contributed by atoms with Crippen LogP contribution in [0.4, 0.5) is 5.69 Å². The molecule has 150 valence electrons. The van der Waals surface area contributed by atoms with Crippen LogP contribution < -0.4 is 4.90 Å². The quantitative estimate of drug-likeness (QED) is 0.626. The number of amides is 1. The van der Waals surface area contributed by atoms with Crippen molar-refractivity contribution < 1.29 is 23.9 Å². The zero-order chi connectivity index (χ0) is 20.8. The van der Waals surface area contributed by atoms with Gasteiger partial charge < -0.3 is 14.4 Å². The highest BCUT2D eigenvalue weighted by Gasteiger charge is 2.66. The Morgan fingerprint density at radius 2 is 2.14 bits per heavy atom. The standard InChI is InChI=1S/C22H22N2O5/c1-3-12-24-14-9-6-5-8-13(14)22(21(24)27)17-15(25)10-7-11-16(17)29-19(23)18(22)20(26)28-4-2/h3,5-6,8-9,18,23H,1,4,7,10-12H2,2H3. The first-order valence-corrected chi connectivity index (χ1v) is 9.70. The first-order chi connectivity index (χ1) is 14.0. The van der Waals surface area contributed by atoms with E-state index in [-0.39, 0.29) is 36.8 Å². The molecule has 29 heavy (non-hydrogen) atoms. The fourth-order valence-corrected chi connectivity index (χ4v) is 4.71. The van der Waals surface area contributed by atoms with Crippen molar-refractivity contribution in [1.82, 2.24) is 0 Å². The SMILES string of the molecule is C=CCN1C(=O)C2(C3=C(CCCC3=O)OC(=N)C2C(=O)OCC)c2ccccc21. The van der Waals surface area contributed by atoms with E-state index in [1.807, 2.05) is 0 Å². The van der Waals surface area contributed by atoms with Crippen molar-refractivity contribution >= 4 is 29.2 Å². The minimum Gasteiger partial charge on any atom is -0.465 e. The average molecular weight is 394 g/mol. The third-order valence-electron chi connectivity index (χ3n) is 5.72. The Morgan fingerprint density at radius 3 is 2.86 bits per heavy atom. The Hall–Kier alpha value is -3.22. The van der Waals surface area contributed by atoms with Crippen LogP contribution in [0.1, 0.15) is 31.7 Å². The number of hydrogen-bond acceptors (Lipinski definition) is 6. The largest absolute Gasteiger partial charge is 0.465 e. The number of anilines is 1. The third-order valence-corrected chi connectivity index (χ3v) is 5.72. The molecule has 2 aliphatic heterocycles. The van der Waals surface area contributed by atoms with Gasteiger partial charge in [-0.25, -0.2) is 0 Å². The summed E-state index contributed by atoms with van der Waals surface area (Å²) in [5, 5.41) is 8.47. The number of carbonyl (C=O) groups excluding carboxylic acids is 3. The van der Waals surface area contributed by atoms with Crippen LogP contribution in [0.3, 0.4) is 0 Å². The van der Waals surface area contributed by atoms with Crippen molar-refractivity contribution in [3.8, 4) is 0 Å². The van der Waals surface area contributed by atoms with Crippen LogP contribution in [0.5, 0.6) is 0 Å². The van der Waals surface area contributed by atoms with E-state index in [0.29, 0.717) is 29.9 Å². The van der Waals surface area contributed by atoms with Crippen molar-refractivity contribution in [1.29, 1.82) is 5.41 Å². The summed E-state index contributed by atoms with van der Waals surface area (Å²) in [6, 6.07) is 7.08. The van der Waals surface area contributed by atoms with Gasteiger partial charge in [0.15, 0.2) is 11.7 Å². The number of carbonyl (C=O) groups is 3. The molecule has 1 spiro atoms. The fourth-order valence-electron chi connectivity index (χ4n) is 4.71. The summed E-state index contributed by atoms with van der Waals surface area (Å²) in [6.45, 7) is 5.69. The van der Waals surface area contributed by atoms with Crippen molar-refractivity contribution in [2.24, 2.45) is 5.92 Å². The van der Waals surface area contributed by atoms with E-state index >= 15 is 0 Å². The van der Waals surface area contributed by atoms with Gasteiger partial charge in [0.2, 0.25) is 11.8 Å². The van der Waals surface area contributed by atoms with E-state index in [1.54, 1.807) is 37.3 Å². The molecule has 7 nitrogen and oxygen atoms in total. The number of ether oxygens (including phenoxy) is 2. The Kier molecular flexibility index (Phi) is 4.61. The molecule has 1 aliphatic carbocycles. The molecule has 2 unspecified atom stereocenters. The number of para-hydroxylation sites is 1. The Bertz CT molecular complexity index is 979. The lowest BCUT2D eigenvalue weighted by atomic mass is 9.61. The second-order valence-electron chi connectivity index (χ2n) is 7.26. The molecular weight excluding hydrogens is 372 g/mol. The number of Topliss-reactive ketones (excluding diaryl/α,β-unsaturated/α-hetero) is 1. The van der Waals surface area contributed by atoms with Crippen molar-refractivity contribution in [2.75, 3.05) is 18.1 Å². The average Bonchev–Trinajstić information content (AvgIpc) is 2.92. The molecule has 0 saturated heterocycles. The van der Waals surface area contributed by atoms with E-state index in [0.717, 1.165) is 0 Å². The van der Waals surface area contributed by atoms with Crippen molar-refractivity contribution in [2.45, 2.75) is 31.6 Å². The maximum Gasteiger partial charge on any atom is 0.320 e. The molecule has 1 aromatic rings. The van der Waals surface area contributed by atoms with Gasteiger partial charge in [0, 0.05) is 25.1 Å². The van der Waals surface area contributed by atoms with Gasteiger partial charge in [0.05, 0.1) is 12.2 Å². The number of fused-ring (bicyclic) bond motifs is 3. The monoisotopic (exact) mass is 394 g/mol. The van der Waals surface area contributed by atoms with Gasteiger partial charge >= 0.3 is 5.97 Å². The van der Waals surface area contributed by atoms with E-state index in [9.17, 15) is 14.4 Å². The number of rotatable bonds is 4. The Labute approximate surface area is 168 Å². The van der Waals surface area contributed by atoms with Gasteiger partial charge in [-0.2, -0.15) is 0 Å². The molecule has 2 atom stereocenters. The molecule has 2 heterocycles. The first-order valence-electron chi connectivity index (χ1n) is 9.70. The molecule has 1 amide bonds. The number of benzene rings is 1. The minimum absolute atomic E-state index is 0.0880. The number of esters is 1. The Morgan fingerprint density at radius 1 is 1.38 bits per heavy atom. The van der Waals surface area contributed by atoms with E-state index in [4.69, 9.17) is 14.9 Å². The molecule has 4 rings (SSSR count). The van der Waals surface area contributed by atoms with Crippen molar-refractivity contribution in [3.63, 3.8) is 0 Å². The van der Waals surface area contributed by atoms with E-state index in [1.165, 1.54) is 4.90 Å². The molecular formula is C22H22N2O5. The first kappa shape index (κ1) is 19.1. The number of nitrogens with one attached hydrogen (secondary N) is 1. The van der Waals surface area contributed by atoms with Gasteiger partial charge in [-0.05, 0) is 25.0 Å². The van der Waals surface area contributed by atoms with Gasteiger partial charge in [-0.1, -0.05) is 24.3 Å². The fraction of sp³-hybridized carbons (Fsp3) is 0.364. The predicted octanol–water partition coefficient (Wildman–Crippen LogP) is 2.65. The lowest BCUT2D eigenvalue weighted by Crippen LogP contribution is -2.57. The zero-order valence-corrected chi connectivity index (χ0v) is 16.2. The van der Waals surface area contributed by atoms with Gasteiger partial charge in [0.25, 0.3) is 0 Å². The van der Waals surface area contributed by atoms with Crippen LogP contribution in [0.2, 0.25) is 0 Å². The smallest absolute Gasteiger partial charge is 0.320 e. The summed E-state index contributed by atoms with van der Waals surface area (Å²) in [5.74, 6) is -2.79. The van der Waals surface area contributed by atoms with Gasteiger partial charge in [-0.15, -0.1) is 6.58 Å². The molecule has 7 heteroatoms. The number of ketones is 1. The normalized spacial score (nSPS) is 25.6. The molecule has 1 N–H and O–H groups in total. The Balaban J connectivity index is 2.07. The maximum absolute atomic E-state index is 13.9. The number of hydrogen-bond donors (Lipinski definition) is 1. The summed E-state index contributed by atoms with van der Waals surface area (Å²) in [6.07, 6.45) is 2.88. The molecule has 0 saturated carbocycles. The van der Waals surface area contributed by atoms with Crippen LogP contribution >= 0.6 is 0 Å². The molecule has 0 radical (unpaired) electrons. The van der Waals surface area contributed by atoms with Crippen LogP contribution in [0.15, 0.2) is 48.3 Å². The summed E-state index contributed by atoms with van der Waals surface area (Å²) in [4.78, 5) is 41.5. The van der Waals surface area contributed by atoms with E-state index in [2.05, 4.69) is 6.58 Å². The highest BCUT2D eigenvalue weighted by atomic mass is 16.5. The lowest BCUT2D eigenvalue weighted by Gasteiger charge is -2.42. The van der Waals surface area contributed by atoms with Crippen LogP contribution in [0.25, 0.3) is 0 Å². The minimum atomic E-state index is -1.64. The topological polar surface area (TPSA) is 96.8 Å². The van der Waals surface area contributed by atoms with Crippen LogP contribution in [0, 0.1) is 11.3 Å². The summed E-state index contributed by atoms with van der Waals surface area (Å²) in [5.41, 5.74) is -0.317. The second-order valence-corrected chi connectivity index (χ2v) is 7.26. The van der Waals surface area contributed by atoms with Gasteiger partial charge in [-0.3, -0.25) is 19.8 Å². The highest BCUT2D eigenvalue weighted by molar-refractivity contribution is 6.23. The number of allylic oxidation sites excluding steroid dienone is 1. The summed E-state index contributed by atoms with van der Waals surface area (Å²) < 4.78 is 10.9. The molecule has 0 bridgehead atoms. The summed E-state index contributed by atoms with van der Waals surface area (Å²) in [7, 11) is 0. The molecule has 3 aliphatic rings. The lowest BCUT2D eigenvalue weighted by molar-refractivity contribution is -0.150. The second kappa shape index (κ2) is 6.99. The van der Waals surface area contributed by atoms with E-state index < -0.39 is 23.2 Å².